The van der Waals surface area contributed by atoms with Gasteiger partial charge < -0.3 is 69.0 Å². The van der Waals surface area contributed by atoms with E-state index in [4.69, 9.17) is 37.9 Å². The molecule has 27 nitrogen and oxygen atoms in total. The number of fused-ring (bicyclic) bond motifs is 4. The standard InChI is InChI=1S/C36H45N7O20/c1-35(2)60-30-23(37-16-7-5-14(40(48)49)9-18(16)42(52)53)28(58-33(30)62-35)20(44)11-39(25-26(46)22-13-56-32(57-22)27(25)47)12-21(45)29-24(31-34(59-29)63-36(3,4)61-31)38-17-8-6-15(41(50)51)10-19(17)43(54)55/h5-10,20-34,37-38,44-47H,11-13H2,1-4H3/t20?,21?,22-,23+,24+,25?,26-,27+,28-,29-,30-,31-,32-,33-,34-/m1/s1. The van der Waals surface area contributed by atoms with Crippen molar-refractivity contribution in [2.24, 2.45) is 0 Å². The highest BCUT2D eigenvalue weighted by Gasteiger charge is 2.60. The molecule has 0 spiro atoms. The Balaban J connectivity index is 1.10. The Morgan fingerprint density at radius 1 is 0.667 bits per heavy atom. The Hall–Kier alpha value is -4.88. The average molecular weight is 896 g/mol. The van der Waals surface area contributed by atoms with E-state index in [1.165, 1.54) is 4.90 Å². The molecule has 344 valence electrons. The lowest BCUT2D eigenvalue weighted by Crippen LogP contribution is -2.65. The molecule has 8 rings (SSSR count). The van der Waals surface area contributed by atoms with Gasteiger partial charge in [-0.1, -0.05) is 0 Å². The molecule has 6 fully saturated rings. The van der Waals surface area contributed by atoms with E-state index in [9.17, 15) is 60.9 Å². The lowest BCUT2D eigenvalue weighted by molar-refractivity contribution is -0.393. The number of benzene rings is 2. The zero-order chi connectivity index (χ0) is 45.4. The minimum absolute atomic E-state index is 0.0997. The molecule has 0 aromatic heterocycles. The summed E-state index contributed by atoms with van der Waals surface area (Å²) in [6.07, 6.45) is -15.4. The second kappa shape index (κ2) is 16.6. The number of hydrogen-bond donors (Lipinski definition) is 6. The van der Waals surface area contributed by atoms with E-state index in [-0.39, 0.29) is 18.0 Å². The number of non-ortho nitro benzene ring substituents is 2. The van der Waals surface area contributed by atoms with Crippen molar-refractivity contribution in [3.8, 4) is 0 Å². The van der Waals surface area contributed by atoms with Crippen LogP contribution in [0.4, 0.5) is 34.1 Å². The summed E-state index contributed by atoms with van der Waals surface area (Å²) < 4.78 is 47.5. The van der Waals surface area contributed by atoms with Crippen molar-refractivity contribution < 1.29 is 78.0 Å². The van der Waals surface area contributed by atoms with Gasteiger partial charge in [0.05, 0.1) is 68.8 Å². The maximum atomic E-state index is 12.1. The first-order valence-corrected chi connectivity index (χ1v) is 19.8. The normalized spacial score (nSPS) is 35.8. The van der Waals surface area contributed by atoms with Crippen LogP contribution in [0.5, 0.6) is 0 Å². The molecule has 2 bridgehead atoms. The van der Waals surface area contributed by atoms with Crippen LogP contribution < -0.4 is 10.6 Å². The van der Waals surface area contributed by atoms with E-state index in [2.05, 4.69) is 10.6 Å². The molecule has 3 unspecified atom stereocenters. The number of rotatable bonds is 15. The van der Waals surface area contributed by atoms with E-state index >= 15 is 0 Å². The molecule has 6 saturated heterocycles. The van der Waals surface area contributed by atoms with Crippen molar-refractivity contribution in [2.75, 3.05) is 30.3 Å². The van der Waals surface area contributed by atoms with E-state index in [0.29, 0.717) is 0 Å². The molecule has 0 radical (unpaired) electrons. The van der Waals surface area contributed by atoms with Crippen molar-refractivity contribution in [3.05, 3.63) is 76.9 Å². The van der Waals surface area contributed by atoms with Gasteiger partial charge in [0.2, 0.25) is 0 Å². The number of aliphatic hydroxyl groups is 4. The highest BCUT2D eigenvalue weighted by atomic mass is 16.8. The third-order valence-electron chi connectivity index (χ3n) is 11.7. The number of hydrogen-bond acceptors (Lipinski definition) is 23. The van der Waals surface area contributed by atoms with Gasteiger partial charge in [0.15, 0.2) is 30.4 Å². The van der Waals surface area contributed by atoms with Gasteiger partial charge in [-0.2, -0.15) is 0 Å². The number of ether oxygens (including phenoxy) is 8. The summed E-state index contributed by atoms with van der Waals surface area (Å²) in [4.78, 5) is 45.2. The van der Waals surface area contributed by atoms with Crippen molar-refractivity contribution in [1.82, 2.24) is 4.90 Å². The molecule has 0 saturated carbocycles. The van der Waals surface area contributed by atoms with Crippen LogP contribution in [0.25, 0.3) is 0 Å². The molecule has 2 aromatic rings. The van der Waals surface area contributed by atoms with E-state index in [1.807, 2.05) is 0 Å². The summed E-state index contributed by atoms with van der Waals surface area (Å²) in [5.74, 6) is -2.42. The summed E-state index contributed by atoms with van der Waals surface area (Å²) in [6, 6.07) is 2.32. The van der Waals surface area contributed by atoms with Gasteiger partial charge in [0.1, 0.15) is 54.1 Å². The van der Waals surface area contributed by atoms with Gasteiger partial charge >= 0.3 is 0 Å². The van der Waals surface area contributed by atoms with Crippen LogP contribution in [0.15, 0.2) is 36.4 Å². The Bertz CT molecular complexity index is 1990. The highest BCUT2D eigenvalue weighted by Crippen LogP contribution is 2.44. The first-order chi connectivity index (χ1) is 29.6. The fourth-order valence-corrected chi connectivity index (χ4v) is 9.05. The molecule has 63 heavy (non-hydrogen) atoms. The van der Waals surface area contributed by atoms with Gasteiger partial charge in [-0.15, -0.1) is 0 Å². The zero-order valence-corrected chi connectivity index (χ0v) is 33.8. The minimum atomic E-state index is -1.64. The lowest BCUT2D eigenvalue weighted by atomic mass is 9.93. The second-order valence-electron chi connectivity index (χ2n) is 16.8. The first kappa shape index (κ1) is 44.7. The predicted octanol–water partition coefficient (Wildman–Crippen LogP) is 0.203. The van der Waals surface area contributed by atoms with E-state index < -0.39 is 159 Å². The van der Waals surface area contributed by atoms with Crippen LogP contribution >= 0.6 is 0 Å². The van der Waals surface area contributed by atoms with Gasteiger partial charge in [-0.05, 0) is 39.8 Å². The Labute approximate surface area is 355 Å². The van der Waals surface area contributed by atoms with Crippen molar-refractivity contribution >= 4 is 34.1 Å². The Kier molecular flexibility index (Phi) is 11.8. The minimum Gasteiger partial charge on any atom is -0.389 e. The molecule has 0 amide bonds. The lowest BCUT2D eigenvalue weighted by Gasteiger charge is -2.45. The molecule has 6 N–H and O–H groups in total. The smallest absolute Gasteiger partial charge is 0.299 e. The number of aliphatic hydroxyl groups excluding tert-OH is 4. The molecular weight excluding hydrogens is 850 g/mol. The molecule has 15 atom stereocenters. The maximum Gasteiger partial charge on any atom is 0.299 e. The summed E-state index contributed by atoms with van der Waals surface area (Å²) >= 11 is 0. The first-order valence-electron chi connectivity index (χ1n) is 19.8. The van der Waals surface area contributed by atoms with Gasteiger partial charge in [0.25, 0.3) is 22.7 Å². The highest BCUT2D eigenvalue weighted by molar-refractivity contribution is 5.67. The predicted molar refractivity (Wildman–Crippen MR) is 206 cm³/mol. The second-order valence-corrected chi connectivity index (χ2v) is 16.8. The largest absolute Gasteiger partial charge is 0.389 e. The molecule has 6 aliphatic heterocycles. The van der Waals surface area contributed by atoms with Crippen LogP contribution in [0.3, 0.4) is 0 Å². The molecule has 27 heteroatoms. The fraction of sp³-hybridized carbons (Fsp3) is 0.667. The molecule has 0 aliphatic carbocycles. The molecule has 6 aliphatic rings. The fourth-order valence-electron chi connectivity index (χ4n) is 9.05. The average Bonchev–Trinajstić information content (AvgIpc) is 4.00. The molecule has 6 heterocycles. The van der Waals surface area contributed by atoms with Gasteiger partial charge in [0, 0.05) is 25.2 Å². The summed E-state index contributed by atoms with van der Waals surface area (Å²) in [5, 5.41) is 100. The number of nitro benzene ring substituents is 4. The SMILES string of the molecule is CC1(C)O[C@H]2O[C@H](C(O)CN(CC(O)[C@H]3O[C@@H]4OC(C)(C)O[C@@H]4[C@H]3Nc3ccc([N+](=O)[O-])cc3[N+](=O)[O-])C3[C@H](O)[C@@H]4OC[C@@H](O4)[C@H]3O)[C@H](Nc3ccc([N+](=O)[O-])cc3[N+](=O)[O-])[C@H]2O1. The quantitative estimate of drug-likeness (QED) is 0.103. The van der Waals surface area contributed by atoms with Crippen LogP contribution in [-0.4, -0.2) is 168 Å². The van der Waals surface area contributed by atoms with Crippen molar-refractivity contribution in [2.45, 2.75) is 131 Å². The van der Waals surface area contributed by atoms with Crippen molar-refractivity contribution in [1.29, 1.82) is 0 Å². The number of nitro groups is 4. The van der Waals surface area contributed by atoms with Crippen LogP contribution in [0.1, 0.15) is 27.7 Å². The third kappa shape index (κ3) is 8.59. The van der Waals surface area contributed by atoms with Gasteiger partial charge in [-0.3, -0.25) is 45.4 Å². The number of nitrogens with zero attached hydrogens (tertiary/aromatic N) is 5. The van der Waals surface area contributed by atoms with Crippen LogP contribution in [-0.2, 0) is 37.9 Å². The monoisotopic (exact) mass is 895 g/mol. The molecule has 2 aromatic carbocycles. The number of anilines is 2. The van der Waals surface area contributed by atoms with E-state index in [1.54, 1.807) is 27.7 Å². The molecular formula is C36H45N7O20. The summed E-state index contributed by atoms with van der Waals surface area (Å²) in [5.41, 5.74) is -2.77. The Morgan fingerprint density at radius 2 is 1.11 bits per heavy atom. The van der Waals surface area contributed by atoms with Crippen LogP contribution in [0.2, 0.25) is 0 Å². The maximum absolute atomic E-state index is 12.1. The van der Waals surface area contributed by atoms with Gasteiger partial charge in [-0.25, -0.2) is 0 Å². The topological polar surface area (TPSA) is 355 Å². The number of nitrogens with one attached hydrogen (secondary N) is 2. The summed E-state index contributed by atoms with van der Waals surface area (Å²) in [7, 11) is 0. The summed E-state index contributed by atoms with van der Waals surface area (Å²) in [6.45, 7) is 5.27. The zero-order valence-electron chi connectivity index (χ0n) is 33.8. The van der Waals surface area contributed by atoms with E-state index in [0.717, 1.165) is 36.4 Å². The van der Waals surface area contributed by atoms with Crippen LogP contribution in [0, 0.1) is 40.5 Å². The third-order valence-corrected chi connectivity index (χ3v) is 11.7. The Morgan fingerprint density at radius 3 is 1.52 bits per heavy atom. The van der Waals surface area contributed by atoms with Crippen molar-refractivity contribution in [3.63, 3.8) is 0 Å².